The predicted molar refractivity (Wildman–Crippen MR) is 83.2 cm³/mol. The fourth-order valence-electron chi connectivity index (χ4n) is 1.93. The number of amides is 2. The summed E-state index contributed by atoms with van der Waals surface area (Å²) in [5, 5.41) is 6.25. The van der Waals surface area contributed by atoms with Crippen LogP contribution in [0.4, 0.5) is 10.5 Å². The number of halogens is 1. The van der Waals surface area contributed by atoms with Gasteiger partial charge < -0.3 is 10.6 Å². The van der Waals surface area contributed by atoms with Crippen molar-refractivity contribution < 1.29 is 4.79 Å². The smallest absolute Gasteiger partial charge is 0.319 e. The zero-order chi connectivity index (χ0) is 14.5. The van der Waals surface area contributed by atoms with E-state index < -0.39 is 0 Å². The molecule has 0 heterocycles. The maximum Gasteiger partial charge on any atom is 0.319 e. The van der Waals surface area contributed by atoms with Crippen LogP contribution in [0.5, 0.6) is 0 Å². The number of rotatable bonds is 3. The highest BCUT2D eigenvalue weighted by molar-refractivity contribution is 6.30. The van der Waals surface area contributed by atoms with Gasteiger partial charge in [0, 0.05) is 17.3 Å². The summed E-state index contributed by atoms with van der Waals surface area (Å²) in [6.07, 6.45) is 0. The van der Waals surface area contributed by atoms with Crippen molar-refractivity contribution >= 4 is 23.3 Å². The molecule has 2 N–H and O–H groups in total. The lowest BCUT2D eigenvalue weighted by molar-refractivity contribution is 0.251. The molecule has 0 fully saturated rings. The molecule has 0 bridgehead atoms. The van der Waals surface area contributed by atoms with E-state index in [9.17, 15) is 4.79 Å². The molecular weight excluding hydrogens is 272 g/mol. The van der Waals surface area contributed by atoms with E-state index in [1.807, 2.05) is 19.1 Å². The molecule has 2 aromatic carbocycles. The van der Waals surface area contributed by atoms with Gasteiger partial charge in [-0.2, -0.15) is 0 Å². The molecule has 20 heavy (non-hydrogen) atoms. The molecule has 0 spiro atoms. The Bertz CT molecular complexity index is 608. The summed E-state index contributed by atoms with van der Waals surface area (Å²) in [7, 11) is 0. The first-order valence-electron chi connectivity index (χ1n) is 6.41. The van der Waals surface area contributed by atoms with Crippen molar-refractivity contribution in [3.8, 4) is 0 Å². The van der Waals surface area contributed by atoms with Gasteiger partial charge in [-0.15, -0.1) is 0 Å². The molecule has 0 unspecified atom stereocenters. The standard InChI is InChI=1S/C16H17ClN2O/c1-11-3-4-13(12(2)9-11)10-18-16(20)19-15-7-5-14(17)6-8-15/h3-9H,10H2,1-2H3,(H2,18,19,20). The number of aryl methyl sites for hydroxylation is 2. The van der Waals surface area contributed by atoms with Crippen LogP contribution in [0, 0.1) is 13.8 Å². The zero-order valence-corrected chi connectivity index (χ0v) is 12.3. The van der Waals surface area contributed by atoms with Crippen LogP contribution >= 0.6 is 11.6 Å². The molecule has 0 saturated heterocycles. The Hall–Kier alpha value is -2.00. The van der Waals surface area contributed by atoms with Gasteiger partial charge in [0.25, 0.3) is 0 Å². The Balaban J connectivity index is 1.90. The predicted octanol–water partition coefficient (Wildman–Crippen LogP) is 4.28. The third-order valence-electron chi connectivity index (χ3n) is 3.04. The van der Waals surface area contributed by atoms with Crippen LogP contribution in [0.2, 0.25) is 5.02 Å². The lowest BCUT2D eigenvalue weighted by atomic mass is 10.1. The molecule has 0 aliphatic carbocycles. The van der Waals surface area contributed by atoms with E-state index in [1.54, 1.807) is 24.3 Å². The van der Waals surface area contributed by atoms with Crippen LogP contribution in [0.25, 0.3) is 0 Å². The summed E-state index contributed by atoms with van der Waals surface area (Å²) < 4.78 is 0. The maximum absolute atomic E-state index is 11.8. The van der Waals surface area contributed by atoms with Crippen molar-refractivity contribution in [1.82, 2.24) is 5.32 Å². The Labute approximate surface area is 124 Å². The number of urea groups is 1. The molecule has 2 amide bonds. The molecule has 2 rings (SSSR count). The number of benzene rings is 2. The van der Waals surface area contributed by atoms with E-state index in [-0.39, 0.29) is 6.03 Å². The summed E-state index contributed by atoms with van der Waals surface area (Å²) in [5.74, 6) is 0. The second-order valence-electron chi connectivity index (χ2n) is 4.74. The highest BCUT2D eigenvalue weighted by Crippen LogP contribution is 2.13. The van der Waals surface area contributed by atoms with Crippen LogP contribution in [0.3, 0.4) is 0 Å². The minimum absolute atomic E-state index is 0.229. The molecule has 0 saturated carbocycles. The van der Waals surface area contributed by atoms with Gasteiger partial charge in [0.15, 0.2) is 0 Å². The average Bonchev–Trinajstić information content (AvgIpc) is 2.40. The molecule has 0 atom stereocenters. The fraction of sp³-hybridized carbons (Fsp3) is 0.188. The Morgan fingerprint density at radius 3 is 2.45 bits per heavy atom. The largest absolute Gasteiger partial charge is 0.334 e. The van der Waals surface area contributed by atoms with Crippen molar-refractivity contribution in [3.63, 3.8) is 0 Å². The lowest BCUT2D eigenvalue weighted by Crippen LogP contribution is -2.28. The Kier molecular flexibility index (Phi) is 4.64. The van der Waals surface area contributed by atoms with Gasteiger partial charge in [0.05, 0.1) is 0 Å². The van der Waals surface area contributed by atoms with E-state index in [0.717, 1.165) is 5.56 Å². The van der Waals surface area contributed by atoms with Gasteiger partial charge >= 0.3 is 6.03 Å². The minimum Gasteiger partial charge on any atom is -0.334 e. The van der Waals surface area contributed by atoms with Gasteiger partial charge in [-0.3, -0.25) is 0 Å². The zero-order valence-electron chi connectivity index (χ0n) is 11.5. The molecule has 0 aromatic heterocycles. The molecule has 4 heteroatoms. The average molecular weight is 289 g/mol. The lowest BCUT2D eigenvalue weighted by Gasteiger charge is -2.10. The maximum atomic E-state index is 11.8. The summed E-state index contributed by atoms with van der Waals surface area (Å²) >= 11 is 5.79. The summed E-state index contributed by atoms with van der Waals surface area (Å²) in [6.45, 7) is 4.60. The van der Waals surface area contributed by atoms with Crippen molar-refractivity contribution in [2.75, 3.05) is 5.32 Å². The minimum atomic E-state index is -0.229. The number of carbonyl (C=O) groups is 1. The van der Waals surface area contributed by atoms with E-state index in [2.05, 4.69) is 23.6 Å². The second kappa shape index (κ2) is 6.44. The fourth-order valence-corrected chi connectivity index (χ4v) is 2.05. The second-order valence-corrected chi connectivity index (χ2v) is 5.18. The normalized spacial score (nSPS) is 10.2. The molecule has 2 aromatic rings. The number of anilines is 1. The number of hydrogen-bond donors (Lipinski definition) is 2. The van der Waals surface area contributed by atoms with E-state index >= 15 is 0 Å². The first-order valence-corrected chi connectivity index (χ1v) is 6.79. The first-order chi connectivity index (χ1) is 9.54. The van der Waals surface area contributed by atoms with Gasteiger partial charge in [0.1, 0.15) is 0 Å². The van der Waals surface area contributed by atoms with E-state index in [4.69, 9.17) is 11.6 Å². The molecule has 0 aliphatic rings. The SMILES string of the molecule is Cc1ccc(CNC(=O)Nc2ccc(Cl)cc2)c(C)c1. The topological polar surface area (TPSA) is 41.1 Å². The number of hydrogen-bond acceptors (Lipinski definition) is 1. The van der Waals surface area contributed by atoms with E-state index in [1.165, 1.54) is 11.1 Å². The Morgan fingerprint density at radius 1 is 1.10 bits per heavy atom. The van der Waals surface area contributed by atoms with Crippen LogP contribution in [0.1, 0.15) is 16.7 Å². The van der Waals surface area contributed by atoms with Crippen LogP contribution in [0.15, 0.2) is 42.5 Å². The van der Waals surface area contributed by atoms with Crippen LogP contribution in [-0.2, 0) is 6.54 Å². The van der Waals surface area contributed by atoms with Crippen molar-refractivity contribution in [2.45, 2.75) is 20.4 Å². The Morgan fingerprint density at radius 2 is 1.80 bits per heavy atom. The molecule has 3 nitrogen and oxygen atoms in total. The van der Waals surface area contributed by atoms with Crippen LogP contribution < -0.4 is 10.6 Å². The summed E-state index contributed by atoms with van der Waals surface area (Å²) in [6, 6.07) is 13.0. The molecule has 0 radical (unpaired) electrons. The third-order valence-corrected chi connectivity index (χ3v) is 3.29. The monoisotopic (exact) mass is 288 g/mol. The van der Waals surface area contributed by atoms with Crippen molar-refractivity contribution in [3.05, 3.63) is 64.2 Å². The number of carbonyl (C=O) groups excluding carboxylic acids is 1. The molecule has 104 valence electrons. The van der Waals surface area contributed by atoms with Gasteiger partial charge in [-0.1, -0.05) is 35.4 Å². The van der Waals surface area contributed by atoms with E-state index in [0.29, 0.717) is 17.3 Å². The molecule has 0 aliphatic heterocycles. The van der Waals surface area contributed by atoms with Crippen molar-refractivity contribution in [2.24, 2.45) is 0 Å². The van der Waals surface area contributed by atoms with Crippen molar-refractivity contribution in [1.29, 1.82) is 0 Å². The quantitative estimate of drug-likeness (QED) is 0.869. The van der Waals surface area contributed by atoms with Gasteiger partial charge in [0.2, 0.25) is 0 Å². The summed E-state index contributed by atoms with van der Waals surface area (Å²) in [4.78, 5) is 11.8. The first kappa shape index (κ1) is 14.4. The van der Waals surface area contributed by atoms with Gasteiger partial charge in [-0.25, -0.2) is 4.79 Å². The molecular formula is C16H17ClN2O. The van der Waals surface area contributed by atoms with Gasteiger partial charge in [-0.05, 0) is 49.2 Å². The third kappa shape index (κ3) is 4.00. The highest BCUT2D eigenvalue weighted by atomic mass is 35.5. The number of nitrogens with one attached hydrogen (secondary N) is 2. The van der Waals surface area contributed by atoms with Crippen LogP contribution in [-0.4, -0.2) is 6.03 Å². The highest BCUT2D eigenvalue weighted by Gasteiger charge is 2.03. The summed E-state index contributed by atoms with van der Waals surface area (Å²) in [5.41, 5.74) is 4.23.